The lowest BCUT2D eigenvalue weighted by atomic mass is 10.0. The van der Waals surface area contributed by atoms with Crippen LogP contribution in [0.15, 0.2) is 18.2 Å². The molecule has 0 spiro atoms. The van der Waals surface area contributed by atoms with Crippen molar-refractivity contribution in [1.29, 1.82) is 0 Å². The number of anilines is 2. The molecule has 2 N–H and O–H groups in total. The molecule has 0 radical (unpaired) electrons. The largest absolute Gasteiger partial charge is 0.465 e. The second-order valence-electron chi connectivity index (χ2n) is 5.25. The molecule has 0 aliphatic carbocycles. The van der Waals surface area contributed by atoms with Crippen LogP contribution in [-0.4, -0.2) is 26.2 Å². The predicted octanol–water partition coefficient (Wildman–Crippen LogP) is 2.68. The van der Waals surface area contributed by atoms with E-state index in [0.29, 0.717) is 11.3 Å². The summed E-state index contributed by atoms with van der Waals surface area (Å²) in [4.78, 5) is 14.0. The van der Waals surface area contributed by atoms with Crippen LogP contribution in [0.5, 0.6) is 0 Å². The van der Waals surface area contributed by atoms with E-state index >= 15 is 0 Å². The number of rotatable bonds is 2. The van der Waals surface area contributed by atoms with Crippen LogP contribution in [0.4, 0.5) is 11.4 Å². The van der Waals surface area contributed by atoms with Gasteiger partial charge in [0.1, 0.15) is 0 Å². The molecule has 1 aromatic rings. The van der Waals surface area contributed by atoms with E-state index in [1.54, 1.807) is 6.07 Å². The Balaban J connectivity index is 2.27. The minimum absolute atomic E-state index is 0.373. The minimum Gasteiger partial charge on any atom is -0.465 e. The molecule has 19 heavy (non-hydrogen) atoms. The van der Waals surface area contributed by atoms with Crippen molar-refractivity contribution in [3.8, 4) is 0 Å². The molecule has 1 aliphatic heterocycles. The van der Waals surface area contributed by atoms with E-state index in [2.05, 4.69) is 11.8 Å². The normalized spacial score (nSPS) is 19.9. The average molecular weight is 262 g/mol. The minimum atomic E-state index is -0.373. The van der Waals surface area contributed by atoms with Crippen molar-refractivity contribution >= 4 is 17.3 Å². The van der Waals surface area contributed by atoms with Crippen molar-refractivity contribution < 1.29 is 9.53 Å². The van der Waals surface area contributed by atoms with Crippen LogP contribution in [0.2, 0.25) is 0 Å². The smallest absolute Gasteiger partial charge is 0.340 e. The van der Waals surface area contributed by atoms with Crippen LogP contribution in [-0.2, 0) is 4.74 Å². The van der Waals surface area contributed by atoms with Crippen molar-refractivity contribution in [2.24, 2.45) is 5.92 Å². The summed E-state index contributed by atoms with van der Waals surface area (Å²) in [5.74, 6) is 0.387. The molecule has 4 heteroatoms. The lowest BCUT2D eigenvalue weighted by Gasteiger charge is -2.25. The Morgan fingerprint density at radius 1 is 1.37 bits per heavy atom. The van der Waals surface area contributed by atoms with Gasteiger partial charge in [0.05, 0.1) is 24.0 Å². The molecule has 4 nitrogen and oxygen atoms in total. The molecule has 1 heterocycles. The lowest BCUT2D eigenvalue weighted by molar-refractivity contribution is 0.0602. The average Bonchev–Trinajstić information content (AvgIpc) is 2.63. The Kier molecular flexibility index (Phi) is 4.30. The van der Waals surface area contributed by atoms with Gasteiger partial charge < -0.3 is 15.4 Å². The zero-order valence-corrected chi connectivity index (χ0v) is 11.7. The molecule has 0 amide bonds. The van der Waals surface area contributed by atoms with Crippen molar-refractivity contribution in [2.75, 3.05) is 30.8 Å². The van der Waals surface area contributed by atoms with Crippen LogP contribution in [0.3, 0.4) is 0 Å². The highest BCUT2D eigenvalue weighted by atomic mass is 16.5. The lowest BCUT2D eigenvalue weighted by Crippen LogP contribution is -2.25. The quantitative estimate of drug-likeness (QED) is 0.657. The fourth-order valence-electron chi connectivity index (χ4n) is 2.62. The second kappa shape index (κ2) is 5.95. The van der Waals surface area contributed by atoms with E-state index in [1.165, 1.54) is 26.4 Å². The van der Waals surface area contributed by atoms with Crippen LogP contribution >= 0.6 is 0 Å². The molecule has 0 aromatic heterocycles. The monoisotopic (exact) mass is 262 g/mol. The summed E-state index contributed by atoms with van der Waals surface area (Å²) in [6.45, 7) is 4.28. The molecule has 104 valence electrons. The van der Waals surface area contributed by atoms with Crippen LogP contribution in [0.1, 0.15) is 36.5 Å². The van der Waals surface area contributed by atoms with Gasteiger partial charge in [0.2, 0.25) is 0 Å². The number of hydrogen-bond donors (Lipinski definition) is 1. The fourth-order valence-corrected chi connectivity index (χ4v) is 2.62. The highest BCUT2D eigenvalue weighted by Crippen LogP contribution is 2.30. The summed E-state index contributed by atoms with van der Waals surface area (Å²) in [5, 5.41) is 0. The molecule has 0 saturated carbocycles. The number of ether oxygens (including phenoxy) is 1. The highest BCUT2D eigenvalue weighted by molar-refractivity contribution is 5.98. The molecule has 1 saturated heterocycles. The fraction of sp³-hybridized carbons (Fsp3) is 0.533. The number of esters is 1. The summed E-state index contributed by atoms with van der Waals surface area (Å²) in [6, 6.07) is 5.56. The summed E-state index contributed by atoms with van der Waals surface area (Å²) >= 11 is 0. The van der Waals surface area contributed by atoms with Gasteiger partial charge in [-0.2, -0.15) is 0 Å². The Morgan fingerprint density at radius 3 is 2.89 bits per heavy atom. The Labute approximate surface area is 114 Å². The van der Waals surface area contributed by atoms with Crippen molar-refractivity contribution in [3.63, 3.8) is 0 Å². The topological polar surface area (TPSA) is 55.6 Å². The molecular weight excluding hydrogens is 240 g/mol. The van der Waals surface area contributed by atoms with Gasteiger partial charge in [-0.05, 0) is 37.3 Å². The maximum atomic E-state index is 11.7. The first kappa shape index (κ1) is 13.7. The number of carbonyl (C=O) groups is 1. The van der Waals surface area contributed by atoms with Gasteiger partial charge in [0, 0.05) is 13.1 Å². The molecule has 1 fully saturated rings. The van der Waals surface area contributed by atoms with Gasteiger partial charge in [-0.25, -0.2) is 4.79 Å². The van der Waals surface area contributed by atoms with Crippen molar-refractivity contribution in [2.45, 2.75) is 26.2 Å². The van der Waals surface area contributed by atoms with Crippen molar-refractivity contribution in [3.05, 3.63) is 23.8 Å². The van der Waals surface area contributed by atoms with Gasteiger partial charge in [-0.15, -0.1) is 0 Å². The first-order chi connectivity index (χ1) is 9.13. The Hall–Kier alpha value is -1.71. The number of benzene rings is 1. The number of nitrogen functional groups attached to an aromatic ring is 1. The maximum absolute atomic E-state index is 11.7. The van der Waals surface area contributed by atoms with E-state index in [4.69, 9.17) is 10.5 Å². The van der Waals surface area contributed by atoms with Crippen LogP contribution in [0, 0.1) is 5.92 Å². The van der Waals surface area contributed by atoms with Crippen LogP contribution in [0.25, 0.3) is 0 Å². The van der Waals surface area contributed by atoms with E-state index < -0.39 is 0 Å². The number of methoxy groups -OCH3 is 1. The molecule has 1 aliphatic rings. The zero-order valence-electron chi connectivity index (χ0n) is 11.7. The van der Waals surface area contributed by atoms with E-state index in [9.17, 15) is 4.79 Å². The highest BCUT2D eigenvalue weighted by Gasteiger charge is 2.19. The number of carbonyl (C=O) groups excluding carboxylic acids is 1. The standard InChI is InChI=1S/C15H22N2O2/c1-11-5-4-9-17(10-8-11)13-7-3-6-12(14(13)16)15(18)19-2/h3,6-7,11H,4-5,8-10,16H2,1-2H3. The number of nitrogens with zero attached hydrogens (tertiary/aromatic N) is 1. The number of para-hydroxylation sites is 1. The third-order valence-electron chi connectivity index (χ3n) is 3.85. The SMILES string of the molecule is COC(=O)c1cccc(N2CCCC(C)CC2)c1N. The molecule has 1 unspecified atom stereocenters. The van der Waals surface area contributed by atoms with Gasteiger partial charge >= 0.3 is 5.97 Å². The Morgan fingerprint density at radius 2 is 2.16 bits per heavy atom. The van der Waals surface area contributed by atoms with E-state index in [0.717, 1.165) is 24.7 Å². The molecule has 1 aromatic carbocycles. The summed E-state index contributed by atoms with van der Waals surface area (Å²) in [5.41, 5.74) is 8.08. The van der Waals surface area contributed by atoms with Gasteiger partial charge in [-0.3, -0.25) is 0 Å². The van der Waals surface area contributed by atoms with E-state index in [-0.39, 0.29) is 5.97 Å². The predicted molar refractivity (Wildman–Crippen MR) is 77.4 cm³/mol. The number of hydrogen-bond acceptors (Lipinski definition) is 4. The number of nitrogens with two attached hydrogens (primary N) is 1. The van der Waals surface area contributed by atoms with Crippen molar-refractivity contribution in [1.82, 2.24) is 0 Å². The first-order valence-corrected chi connectivity index (χ1v) is 6.85. The van der Waals surface area contributed by atoms with Gasteiger partial charge in [-0.1, -0.05) is 13.0 Å². The molecule has 2 rings (SSSR count). The second-order valence-corrected chi connectivity index (χ2v) is 5.25. The molecule has 0 bridgehead atoms. The molecular formula is C15H22N2O2. The molecule has 1 atom stereocenters. The maximum Gasteiger partial charge on any atom is 0.340 e. The van der Waals surface area contributed by atoms with Gasteiger partial charge in [0.15, 0.2) is 0 Å². The summed E-state index contributed by atoms with van der Waals surface area (Å²) in [7, 11) is 1.38. The van der Waals surface area contributed by atoms with Crippen LogP contribution < -0.4 is 10.6 Å². The summed E-state index contributed by atoms with van der Waals surface area (Å²) in [6.07, 6.45) is 3.60. The third-order valence-corrected chi connectivity index (χ3v) is 3.85. The first-order valence-electron chi connectivity index (χ1n) is 6.85. The Bertz CT molecular complexity index is 459. The van der Waals surface area contributed by atoms with E-state index in [1.807, 2.05) is 12.1 Å². The third kappa shape index (κ3) is 3.00. The van der Waals surface area contributed by atoms with Gasteiger partial charge in [0.25, 0.3) is 0 Å². The summed E-state index contributed by atoms with van der Waals surface area (Å²) < 4.78 is 4.76. The zero-order chi connectivity index (χ0) is 13.8.